The van der Waals surface area contributed by atoms with E-state index in [1.807, 2.05) is 0 Å². The molecule has 0 saturated carbocycles. The predicted octanol–water partition coefficient (Wildman–Crippen LogP) is 3.15. The summed E-state index contributed by atoms with van der Waals surface area (Å²) in [6, 6.07) is 11.3. The highest BCUT2D eigenvalue weighted by Crippen LogP contribution is 2.39. The molecule has 158 valence electrons. The largest absolute Gasteiger partial charge is 0.493 e. The van der Waals surface area contributed by atoms with Gasteiger partial charge in [0.2, 0.25) is 5.75 Å². The van der Waals surface area contributed by atoms with Gasteiger partial charge < -0.3 is 24.1 Å². The zero-order chi connectivity index (χ0) is 22.1. The molecule has 0 amide bonds. The topological polar surface area (TPSA) is 108 Å². The van der Waals surface area contributed by atoms with Crippen LogP contribution >= 0.6 is 0 Å². The normalized spacial score (nSPS) is 10.8. The lowest BCUT2D eigenvalue weighted by atomic mass is 10.1. The van der Waals surface area contributed by atoms with Crippen molar-refractivity contribution in [3.63, 3.8) is 0 Å². The van der Waals surface area contributed by atoms with Crippen molar-refractivity contribution >= 4 is 17.7 Å². The first-order valence-corrected chi connectivity index (χ1v) is 8.92. The number of ketones is 1. The zero-order valence-corrected chi connectivity index (χ0v) is 16.8. The number of ether oxygens (including phenoxy) is 4. The lowest BCUT2D eigenvalue weighted by molar-refractivity contribution is -0.132. The predicted molar refractivity (Wildman–Crippen MR) is 107 cm³/mol. The molecule has 8 heteroatoms. The molecule has 0 saturated heterocycles. The first-order valence-electron chi connectivity index (χ1n) is 8.92. The third-order valence-electron chi connectivity index (χ3n) is 4.17. The van der Waals surface area contributed by atoms with E-state index in [0.29, 0.717) is 11.3 Å². The summed E-state index contributed by atoms with van der Waals surface area (Å²) >= 11 is 0. The molecule has 0 aliphatic heterocycles. The van der Waals surface area contributed by atoms with Gasteiger partial charge in [-0.15, -0.1) is 0 Å². The van der Waals surface area contributed by atoms with Crippen molar-refractivity contribution in [1.82, 2.24) is 0 Å². The Morgan fingerprint density at radius 1 is 0.900 bits per heavy atom. The van der Waals surface area contributed by atoms with E-state index in [1.54, 1.807) is 30.3 Å². The molecule has 1 N–H and O–H groups in total. The molecule has 0 aliphatic rings. The second-order valence-electron chi connectivity index (χ2n) is 5.97. The van der Waals surface area contributed by atoms with Crippen molar-refractivity contribution in [3.8, 4) is 17.2 Å². The molecule has 8 nitrogen and oxygen atoms in total. The van der Waals surface area contributed by atoms with Crippen molar-refractivity contribution in [2.75, 3.05) is 27.9 Å². The molecular formula is C22H22O8. The van der Waals surface area contributed by atoms with Crippen LogP contribution in [-0.4, -0.2) is 50.8 Å². The number of benzene rings is 2. The molecule has 0 atom stereocenters. The molecule has 0 fully saturated rings. The van der Waals surface area contributed by atoms with Crippen LogP contribution in [0.15, 0.2) is 54.1 Å². The number of allylic oxidation sites excluding steroid dienone is 1. The molecule has 0 bridgehead atoms. The SMILES string of the molecule is COc1ccc(C(=O)OCCC(=CC(=O)c2ccccc2)C(=O)O)c(OC)c1OC. The van der Waals surface area contributed by atoms with Gasteiger partial charge in [0, 0.05) is 17.6 Å². The summed E-state index contributed by atoms with van der Waals surface area (Å²) < 4.78 is 20.8. The summed E-state index contributed by atoms with van der Waals surface area (Å²) in [6.07, 6.45) is 0.887. The van der Waals surface area contributed by atoms with Crippen molar-refractivity contribution in [2.24, 2.45) is 0 Å². The number of aliphatic carboxylic acids is 1. The van der Waals surface area contributed by atoms with Crippen LogP contribution in [0.5, 0.6) is 17.2 Å². The van der Waals surface area contributed by atoms with Gasteiger partial charge in [-0.3, -0.25) is 4.79 Å². The molecule has 0 unspecified atom stereocenters. The van der Waals surface area contributed by atoms with Gasteiger partial charge in [-0.2, -0.15) is 0 Å². The molecule has 0 spiro atoms. The number of methoxy groups -OCH3 is 3. The fourth-order valence-electron chi connectivity index (χ4n) is 2.68. The van der Waals surface area contributed by atoms with Gasteiger partial charge in [-0.25, -0.2) is 9.59 Å². The molecule has 0 radical (unpaired) electrons. The van der Waals surface area contributed by atoms with E-state index in [0.717, 1.165) is 6.08 Å². The Bertz CT molecular complexity index is 947. The highest BCUT2D eigenvalue weighted by Gasteiger charge is 2.22. The maximum atomic E-state index is 12.5. The minimum atomic E-state index is -1.26. The monoisotopic (exact) mass is 414 g/mol. The molecule has 30 heavy (non-hydrogen) atoms. The van der Waals surface area contributed by atoms with E-state index in [2.05, 4.69) is 0 Å². The molecular weight excluding hydrogens is 392 g/mol. The second kappa shape index (κ2) is 10.7. The molecule has 0 aromatic heterocycles. The second-order valence-corrected chi connectivity index (χ2v) is 5.97. The summed E-state index contributed by atoms with van der Waals surface area (Å²) in [5.41, 5.74) is 0.288. The van der Waals surface area contributed by atoms with Crippen LogP contribution < -0.4 is 14.2 Å². The zero-order valence-electron chi connectivity index (χ0n) is 16.8. The van der Waals surface area contributed by atoms with E-state index >= 15 is 0 Å². The number of carboxylic acid groups (broad SMARTS) is 1. The van der Waals surface area contributed by atoms with Crippen LogP contribution in [0.2, 0.25) is 0 Å². The van der Waals surface area contributed by atoms with Gasteiger partial charge in [0.1, 0.15) is 5.56 Å². The third-order valence-corrected chi connectivity index (χ3v) is 4.17. The highest BCUT2D eigenvalue weighted by atomic mass is 16.5. The Morgan fingerprint density at radius 3 is 2.13 bits per heavy atom. The molecule has 2 aromatic carbocycles. The Kier molecular flexibility index (Phi) is 7.99. The maximum absolute atomic E-state index is 12.5. The van der Waals surface area contributed by atoms with Gasteiger partial charge in [-0.1, -0.05) is 30.3 Å². The summed E-state index contributed by atoms with van der Waals surface area (Å²) in [5.74, 6) is -1.70. The number of hydrogen-bond acceptors (Lipinski definition) is 7. The van der Waals surface area contributed by atoms with Crippen LogP contribution in [0, 0.1) is 0 Å². The smallest absolute Gasteiger partial charge is 0.342 e. The van der Waals surface area contributed by atoms with Crippen LogP contribution in [0.25, 0.3) is 0 Å². The first-order chi connectivity index (χ1) is 14.4. The Morgan fingerprint density at radius 2 is 1.57 bits per heavy atom. The van der Waals surface area contributed by atoms with Crippen LogP contribution in [0.1, 0.15) is 27.1 Å². The fraction of sp³-hybridized carbons (Fsp3) is 0.227. The maximum Gasteiger partial charge on any atom is 0.342 e. The summed E-state index contributed by atoms with van der Waals surface area (Å²) in [6.45, 7) is -0.240. The van der Waals surface area contributed by atoms with Crippen molar-refractivity contribution < 1.29 is 38.4 Å². The van der Waals surface area contributed by atoms with E-state index < -0.39 is 17.7 Å². The van der Waals surface area contributed by atoms with E-state index in [9.17, 15) is 19.5 Å². The number of rotatable bonds is 10. The van der Waals surface area contributed by atoms with Crippen molar-refractivity contribution in [3.05, 3.63) is 65.2 Å². The Hall–Kier alpha value is -3.81. The average Bonchev–Trinajstić information content (AvgIpc) is 2.77. The third kappa shape index (κ3) is 5.38. The number of hydrogen-bond donors (Lipinski definition) is 1. The minimum Gasteiger partial charge on any atom is -0.493 e. The summed E-state index contributed by atoms with van der Waals surface area (Å²) in [4.78, 5) is 36.1. The number of carbonyl (C=O) groups excluding carboxylic acids is 2. The Balaban J connectivity index is 2.11. The van der Waals surface area contributed by atoms with Crippen molar-refractivity contribution in [2.45, 2.75) is 6.42 Å². The van der Waals surface area contributed by atoms with E-state index in [-0.39, 0.29) is 35.7 Å². The van der Waals surface area contributed by atoms with Gasteiger partial charge in [0.25, 0.3) is 0 Å². The summed E-state index contributed by atoms with van der Waals surface area (Å²) in [7, 11) is 4.23. The molecule has 2 rings (SSSR count). The average molecular weight is 414 g/mol. The van der Waals surface area contributed by atoms with Gasteiger partial charge in [-0.05, 0) is 18.2 Å². The number of esters is 1. The van der Waals surface area contributed by atoms with E-state index in [4.69, 9.17) is 18.9 Å². The van der Waals surface area contributed by atoms with Gasteiger partial charge in [0.15, 0.2) is 17.3 Å². The number of carboxylic acids is 1. The standard InChI is InChI=1S/C22H22O8/c1-27-18-10-9-16(19(28-2)20(18)29-3)22(26)30-12-11-15(21(24)25)13-17(23)14-7-5-4-6-8-14/h4-10,13H,11-12H2,1-3H3,(H,24,25). The fourth-order valence-corrected chi connectivity index (χ4v) is 2.68. The van der Waals surface area contributed by atoms with Gasteiger partial charge in [0.05, 0.1) is 27.9 Å². The minimum absolute atomic E-state index is 0.0939. The quantitative estimate of drug-likeness (QED) is 0.359. The number of carbonyl (C=O) groups is 3. The molecule has 0 aliphatic carbocycles. The van der Waals surface area contributed by atoms with Crippen LogP contribution in [0.4, 0.5) is 0 Å². The molecule has 0 heterocycles. The van der Waals surface area contributed by atoms with E-state index in [1.165, 1.54) is 33.5 Å². The first kappa shape index (κ1) is 22.5. The van der Waals surface area contributed by atoms with Gasteiger partial charge >= 0.3 is 11.9 Å². The molecule has 2 aromatic rings. The van der Waals surface area contributed by atoms with Crippen LogP contribution in [-0.2, 0) is 9.53 Å². The van der Waals surface area contributed by atoms with Crippen molar-refractivity contribution in [1.29, 1.82) is 0 Å². The van der Waals surface area contributed by atoms with Crippen LogP contribution in [0.3, 0.4) is 0 Å². The highest BCUT2D eigenvalue weighted by molar-refractivity contribution is 6.08. The Labute approximate surface area is 173 Å². The lowest BCUT2D eigenvalue weighted by Crippen LogP contribution is -2.12. The summed E-state index contributed by atoms with van der Waals surface area (Å²) in [5, 5.41) is 9.35. The lowest BCUT2D eigenvalue weighted by Gasteiger charge is -2.15.